The number of ether oxygens (including phenoxy) is 1. The second-order valence-electron chi connectivity index (χ2n) is 5.33. The first-order valence-corrected chi connectivity index (χ1v) is 8.72. The molecular weight excluding hydrogens is 320 g/mol. The predicted molar refractivity (Wildman–Crippen MR) is 89.7 cm³/mol. The number of likely N-dealkylation sites (tertiary alicyclic amines) is 1. The minimum absolute atomic E-state index is 0.0794. The van der Waals surface area contributed by atoms with Crippen molar-refractivity contribution in [1.82, 2.24) is 9.88 Å². The van der Waals surface area contributed by atoms with Crippen LogP contribution in [0.1, 0.15) is 30.1 Å². The standard InChI is InChI=1S/C16H19ClN2O2S/c1-2-21-11-5-7-19(8-6-11)16(20)13-10-18-9-12(13)14-3-4-15(17)22-14/h3-4,9-11,18H,2,5-8H2,1H3. The van der Waals surface area contributed by atoms with E-state index in [4.69, 9.17) is 16.3 Å². The summed E-state index contributed by atoms with van der Waals surface area (Å²) in [7, 11) is 0. The smallest absolute Gasteiger partial charge is 0.256 e. The highest BCUT2D eigenvalue weighted by molar-refractivity contribution is 7.19. The maximum absolute atomic E-state index is 12.8. The molecule has 22 heavy (non-hydrogen) atoms. The molecule has 0 atom stereocenters. The molecule has 0 saturated carbocycles. The zero-order valence-electron chi connectivity index (χ0n) is 12.5. The number of H-pyrrole nitrogens is 1. The Balaban J connectivity index is 1.73. The fourth-order valence-electron chi connectivity index (χ4n) is 2.84. The van der Waals surface area contributed by atoms with Gasteiger partial charge in [0.1, 0.15) is 0 Å². The van der Waals surface area contributed by atoms with E-state index in [1.54, 1.807) is 6.20 Å². The molecule has 1 saturated heterocycles. The van der Waals surface area contributed by atoms with Crippen molar-refractivity contribution < 1.29 is 9.53 Å². The second-order valence-corrected chi connectivity index (χ2v) is 7.05. The van der Waals surface area contributed by atoms with Crippen molar-refractivity contribution in [2.24, 2.45) is 0 Å². The van der Waals surface area contributed by atoms with Crippen molar-refractivity contribution >= 4 is 28.8 Å². The molecule has 4 nitrogen and oxygen atoms in total. The zero-order valence-corrected chi connectivity index (χ0v) is 14.0. The Hall–Kier alpha value is -1.30. The third-order valence-electron chi connectivity index (χ3n) is 3.95. The number of carbonyl (C=O) groups is 1. The van der Waals surface area contributed by atoms with Crippen molar-refractivity contribution in [3.8, 4) is 10.4 Å². The number of carbonyl (C=O) groups excluding carboxylic acids is 1. The highest BCUT2D eigenvalue weighted by Gasteiger charge is 2.26. The van der Waals surface area contributed by atoms with Crippen molar-refractivity contribution in [1.29, 1.82) is 0 Å². The summed E-state index contributed by atoms with van der Waals surface area (Å²) in [5.41, 5.74) is 1.64. The number of piperidine rings is 1. The SMILES string of the molecule is CCOC1CCN(C(=O)c2c[nH]cc2-c2ccc(Cl)s2)CC1. The van der Waals surface area contributed by atoms with E-state index in [1.165, 1.54) is 11.3 Å². The monoisotopic (exact) mass is 338 g/mol. The van der Waals surface area contributed by atoms with Crippen LogP contribution in [-0.4, -0.2) is 41.6 Å². The van der Waals surface area contributed by atoms with Crippen LogP contribution in [0.25, 0.3) is 10.4 Å². The van der Waals surface area contributed by atoms with Gasteiger partial charge in [0.25, 0.3) is 5.91 Å². The van der Waals surface area contributed by atoms with Crippen molar-refractivity contribution in [3.05, 3.63) is 34.4 Å². The van der Waals surface area contributed by atoms with E-state index in [2.05, 4.69) is 4.98 Å². The normalized spacial score (nSPS) is 16.2. The number of thiophene rings is 1. The van der Waals surface area contributed by atoms with E-state index in [-0.39, 0.29) is 12.0 Å². The highest BCUT2D eigenvalue weighted by atomic mass is 35.5. The molecule has 0 radical (unpaired) electrons. The molecule has 0 aromatic carbocycles. The second kappa shape index (κ2) is 6.86. The van der Waals surface area contributed by atoms with Crippen LogP contribution >= 0.6 is 22.9 Å². The number of nitrogens with zero attached hydrogens (tertiary/aromatic N) is 1. The van der Waals surface area contributed by atoms with Gasteiger partial charge in [-0.05, 0) is 31.9 Å². The molecule has 3 rings (SSSR count). The summed E-state index contributed by atoms with van der Waals surface area (Å²) in [5.74, 6) is 0.0794. The molecule has 6 heteroatoms. The first kappa shape index (κ1) is 15.6. The number of nitrogens with one attached hydrogen (secondary N) is 1. The van der Waals surface area contributed by atoms with Gasteiger partial charge in [0, 0.05) is 42.5 Å². The van der Waals surface area contributed by atoms with Gasteiger partial charge in [-0.2, -0.15) is 0 Å². The Morgan fingerprint density at radius 2 is 2.18 bits per heavy atom. The zero-order chi connectivity index (χ0) is 15.5. The molecule has 118 valence electrons. The van der Waals surface area contributed by atoms with Crippen LogP contribution in [-0.2, 0) is 4.74 Å². The Morgan fingerprint density at radius 3 is 2.82 bits per heavy atom. The Kier molecular flexibility index (Phi) is 4.86. The van der Waals surface area contributed by atoms with Crippen LogP contribution in [0.2, 0.25) is 4.34 Å². The first-order chi connectivity index (χ1) is 10.7. The largest absolute Gasteiger partial charge is 0.378 e. The van der Waals surface area contributed by atoms with E-state index < -0.39 is 0 Å². The summed E-state index contributed by atoms with van der Waals surface area (Å²) in [6.07, 6.45) is 5.74. The molecule has 1 fully saturated rings. The van der Waals surface area contributed by atoms with Gasteiger partial charge >= 0.3 is 0 Å². The lowest BCUT2D eigenvalue weighted by molar-refractivity contribution is 0.0146. The number of aromatic amines is 1. The lowest BCUT2D eigenvalue weighted by Crippen LogP contribution is -2.40. The summed E-state index contributed by atoms with van der Waals surface area (Å²) in [4.78, 5) is 18.7. The molecule has 1 N–H and O–H groups in total. The number of aromatic nitrogens is 1. The maximum atomic E-state index is 12.8. The first-order valence-electron chi connectivity index (χ1n) is 7.52. The molecule has 0 bridgehead atoms. The lowest BCUT2D eigenvalue weighted by atomic mass is 10.1. The Morgan fingerprint density at radius 1 is 1.41 bits per heavy atom. The molecule has 1 amide bonds. The molecule has 1 aliphatic rings. The number of rotatable bonds is 4. The number of halogens is 1. The number of amides is 1. The molecule has 2 aromatic heterocycles. The Labute approximate surface area is 139 Å². The molecule has 0 unspecified atom stereocenters. The van der Waals surface area contributed by atoms with Crippen LogP contribution in [0.15, 0.2) is 24.5 Å². The summed E-state index contributed by atoms with van der Waals surface area (Å²) in [6, 6.07) is 3.81. The molecule has 2 aromatic rings. The fraction of sp³-hybridized carbons (Fsp3) is 0.438. The van der Waals surface area contributed by atoms with E-state index in [0.29, 0.717) is 5.56 Å². The van der Waals surface area contributed by atoms with Crippen molar-refractivity contribution in [2.45, 2.75) is 25.9 Å². The highest BCUT2D eigenvalue weighted by Crippen LogP contribution is 2.33. The van der Waals surface area contributed by atoms with Crippen molar-refractivity contribution in [3.63, 3.8) is 0 Å². The minimum Gasteiger partial charge on any atom is -0.378 e. The van der Waals surface area contributed by atoms with E-state index in [0.717, 1.165) is 47.3 Å². The van der Waals surface area contributed by atoms with Crippen LogP contribution in [0, 0.1) is 0 Å². The van der Waals surface area contributed by atoms with Gasteiger partial charge in [0.15, 0.2) is 0 Å². The van der Waals surface area contributed by atoms with Gasteiger partial charge in [-0.3, -0.25) is 4.79 Å². The fourth-order valence-corrected chi connectivity index (χ4v) is 3.91. The summed E-state index contributed by atoms with van der Waals surface area (Å²) in [6.45, 7) is 4.24. The van der Waals surface area contributed by atoms with E-state index in [9.17, 15) is 4.79 Å². The molecule has 1 aliphatic heterocycles. The molecule has 0 aliphatic carbocycles. The molecular formula is C16H19ClN2O2S. The summed E-state index contributed by atoms with van der Waals surface area (Å²) >= 11 is 7.49. The average Bonchev–Trinajstić information content (AvgIpc) is 3.16. The minimum atomic E-state index is 0.0794. The third kappa shape index (κ3) is 3.21. The van der Waals surface area contributed by atoms with Gasteiger partial charge in [0.2, 0.25) is 0 Å². The summed E-state index contributed by atoms with van der Waals surface area (Å²) < 4.78 is 6.37. The topological polar surface area (TPSA) is 45.3 Å². The van der Waals surface area contributed by atoms with Crippen LogP contribution in [0.4, 0.5) is 0 Å². The van der Waals surface area contributed by atoms with Crippen LogP contribution in [0.5, 0.6) is 0 Å². The third-order valence-corrected chi connectivity index (χ3v) is 5.21. The quantitative estimate of drug-likeness (QED) is 0.914. The van der Waals surface area contributed by atoms with E-state index in [1.807, 2.05) is 30.2 Å². The van der Waals surface area contributed by atoms with Gasteiger partial charge in [-0.25, -0.2) is 0 Å². The summed E-state index contributed by atoms with van der Waals surface area (Å²) in [5, 5.41) is 0. The number of hydrogen-bond donors (Lipinski definition) is 1. The molecule has 0 spiro atoms. The van der Waals surface area contributed by atoms with Crippen LogP contribution in [0.3, 0.4) is 0 Å². The average molecular weight is 339 g/mol. The van der Waals surface area contributed by atoms with Crippen molar-refractivity contribution in [2.75, 3.05) is 19.7 Å². The molecule has 3 heterocycles. The predicted octanol–water partition coefficient (Wildman–Crippen LogP) is 4.04. The maximum Gasteiger partial charge on any atom is 0.256 e. The van der Waals surface area contributed by atoms with Crippen LogP contribution < -0.4 is 0 Å². The number of hydrogen-bond acceptors (Lipinski definition) is 3. The Bertz CT molecular complexity index is 644. The van der Waals surface area contributed by atoms with Gasteiger partial charge in [-0.15, -0.1) is 11.3 Å². The van der Waals surface area contributed by atoms with E-state index >= 15 is 0 Å². The van der Waals surface area contributed by atoms with Gasteiger partial charge < -0.3 is 14.6 Å². The van der Waals surface area contributed by atoms with Gasteiger partial charge in [-0.1, -0.05) is 11.6 Å². The van der Waals surface area contributed by atoms with Gasteiger partial charge in [0.05, 0.1) is 16.0 Å². The lowest BCUT2D eigenvalue weighted by Gasteiger charge is -2.31.